The van der Waals surface area contributed by atoms with E-state index in [0.717, 1.165) is 4.90 Å². The van der Waals surface area contributed by atoms with Crippen LogP contribution in [0, 0.1) is 0 Å². The van der Waals surface area contributed by atoms with Crippen molar-refractivity contribution in [1.29, 1.82) is 0 Å². The number of nitrogen functional groups attached to an aromatic ring is 1. The third-order valence-electron chi connectivity index (χ3n) is 2.25. The predicted octanol–water partition coefficient (Wildman–Crippen LogP) is 1.06. The third-order valence-corrected chi connectivity index (χ3v) is 4.49. The summed E-state index contributed by atoms with van der Waals surface area (Å²) in [5.74, 6) is -0.941. The Balaban J connectivity index is 2.19. The number of rotatable bonds is 4. The van der Waals surface area contributed by atoms with Gasteiger partial charge in [0.1, 0.15) is 0 Å². The number of benzene rings is 1. The minimum Gasteiger partial charge on any atom is -0.776 e. The molecule has 0 saturated carbocycles. The van der Waals surface area contributed by atoms with Crippen LogP contribution >= 0.6 is 18.1 Å². The molecule has 0 amide bonds. The maximum atomic E-state index is 11.6. The van der Waals surface area contributed by atoms with Crippen LogP contribution in [0.4, 0.5) is 5.13 Å². The van der Waals surface area contributed by atoms with E-state index in [1.165, 1.54) is 5.38 Å². The summed E-state index contributed by atoms with van der Waals surface area (Å²) in [6, 6.07) is 9.20. The lowest BCUT2D eigenvalue weighted by Gasteiger charge is -2.14. The summed E-state index contributed by atoms with van der Waals surface area (Å²) in [4.78, 5) is 35.4. The fourth-order valence-electron chi connectivity index (χ4n) is 1.43. The minimum absolute atomic E-state index is 0.0665. The first kappa shape index (κ1) is 14.7. The van der Waals surface area contributed by atoms with Gasteiger partial charge in [-0.05, 0) is 12.1 Å². The average molecular weight is 314 g/mol. The summed E-state index contributed by atoms with van der Waals surface area (Å²) >= 11 is 0. The van der Waals surface area contributed by atoms with Crippen LogP contribution in [-0.4, -0.2) is 22.2 Å². The number of carbonyl (C=O) groups is 1. The maximum Gasteiger partial charge on any atom is 0.362 e. The molecule has 0 aliphatic heterocycles. The first-order valence-electron chi connectivity index (χ1n) is 5.41. The molecule has 0 fully saturated rings. The molecule has 1 aromatic heterocycles. The van der Waals surface area contributed by atoms with Crippen molar-refractivity contribution >= 4 is 29.2 Å². The average Bonchev–Trinajstić information content (AvgIpc) is 2.78. The van der Waals surface area contributed by atoms with Crippen LogP contribution in [0.25, 0.3) is 4.90 Å². The number of ether oxygens (including phenoxy) is 1. The number of thiazole rings is 1. The molecule has 0 aliphatic rings. The van der Waals surface area contributed by atoms with Gasteiger partial charge < -0.3 is 24.8 Å². The van der Waals surface area contributed by atoms with Crippen LogP contribution in [-0.2, 0) is 9.30 Å². The van der Waals surface area contributed by atoms with Gasteiger partial charge in [-0.25, -0.2) is 4.79 Å². The van der Waals surface area contributed by atoms with Crippen molar-refractivity contribution < 1.29 is 23.9 Å². The van der Waals surface area contributed by atoms with E-state index in [9.17, 15) is 14.3 Å². The standard InChI is InChI=1S/C11H11N2O5PS/c12-11-13-9(10(14)18-7-19(15,16)17)6-20(11)8-4-2-1-3-5-8/h1-6H,7H2,(H3-,12,13,15,16,17). The second kappa shape index (κ2) is 5.72. The van der Waals surface area contributed by atoms with Crippen molar-refractivity contribution in [1.82, 2.24) is 4.98 Å². The van der Waals surface area contributed by atoms with Crippen molar-refractivity contribution in [3.63, 3.8) is 0 Å². The van der Waals surface area contributed by atoms with E-state index in [4.69, 9.17) is 10.6 Å². The van der Waals surface area contributed by atoms with Gasteiger partial charge in [-0.2, -0.15) is 4.98 Å². The molecule has 9 heteroatoms. The molecule has 3 N–H and O–H groups in total. The fourth-order valence-corrected chi connectivity index (χ4v) is 3.23. The Hall–Kier alpha value is -1.73. The van der Waals surface area contributed by atoms with Crippen LogP contribution in [0.1, 0.15) is 10.5 Å². The van der Waals surface area contributed by atoms with Gasteiger partial charge in [0.15, 0.2) is 24.2 Å². The van der Waals surface area contributed by atoms with E-state index in [1.807, 2.05) is 30.3 Å². The molecular formula is C11H11N2O5PS. The van der Waals surface area contributed by atoms with Gasteiger partial charge >= 0.3 is 11.1 Å². The summed E-state index contributed by atoms with van der Waals surface area (Å²) in [5, 5.41) is 1.76. The quantitative estimate of drug-likeness (QED) is 0.491. The highest BCUT2D eigenvalue weighted by molar-refractivity contribution is 7.50. The Morgan fingerprint density at radius 2 is 2.10 bits per heavy atom. The number of hydrogen-bond donors (Lipinski definition) is 2. The number of hydrogen-bond acceptors (Lipinski definition) is 6. The van der Waals surface area contributed by atoms with Gasteiger partial charge in [0.2, 0.25) is 5.69 Å². The number of esters is 1. The highest BCUT2D eigenvalue weighted by Gasteiger charge is 2.24. The Morgan fingerprint density at radius 1 is 1.45 bits per heavy atom. The topological polar surface area (TPSA) is 126 Å². The van der Waals surface area contributed by atoms with Crippen molar-refractivity contribution in [2.24, 2.45) is 0 Å². The zero-order valence-corrected chi connectivity index (χ0v) is 11.8. The zero-order valence-electron chi connectivity index (χ0n) is 10.1. The number of anilines is 1. The number of nitrogens with two attached hydrogens (primary N) is 1. The lowest BCUT2D eigenvalue weighted by atomic mass is 10.4. The van der Waals surface area contributed by atoms with Crippen molar-refractivity contribution in [3.8, 4) is 4.90 Å². The van der Waals surface area contributed by atoms with Crippen LogP contribution < -0.4 is 10.6 Å². The molecule has 1 aromatic carbocycles. The summed E-state index contributed by atoms with van der Waals surface area (Å²) in [5.41, 5.74) is 5.69. The molecule has 2 unspecified atom stereocenters. The molecule has 2 rings (SSSR count). The third kappa shape index (κ3) is 3.64. The second-order valence-corrected chi connectivity index (χ2v) is 7.14. The van der Waals surface area contributed by atoms with Gasteiger partial charge in [-0.3, -0.25) is 0 Å². The highest BCUT2D eigenvalue weighted by Crippen LogP contribution is 2.37. The normalized spacial score (nSPS) is 14.6. The van der Waals surface area contributed by atoms with Gasteiger partial charge in [0.25, 0.3) is 0 Å². The summed E-state index contributed by atoms with van der Waals surface area (Å²) < 4.78 is 15.0. The number of aromatic nitrogens is 1. The van der Waals surface area contributed by atoms with E-state index in [-0.39, 0.29) is 10.8 Å². The molecule has 0 aliphatic carbocycles. The minimum atomic E-state index is -4.65. The Labute approximate surface area is 117 Å². The smallest absolute Gasteiger partial charge is 0.362 e. The Bertz CT molecular complexity index is 667. The lowest BCUT2D eigenvalue weighted by molar-refractivity contribution is -0.197. The van der Waals surface area contributed by atoms with Crippen LogP contribution in [0.5, 0.6) is 0 Å². The molecule has 2 aromatic rings. The molecule has 0 spiro atoms. The lowest BCUT2D eigenvalue weighted by Crippen LogP contribution is -2.12. The zero-order chi connectivity index (χ0) is 14.8. The summed E-state index contributed by atoms with van der Waals surface area (Å²) in [7, 11) is -5.30. The fraction of sp³-hybridized carbons (Fsp3) is 0.0909. The Kier molecular flexibility index (Phi) is 4.20. The monoisotopic (exact) mass is 314 g/mol. The first-order valence-corrected chi connectivity index (χ1v) is 8.46. The van der Waals surface area contributed by atoms with E-state index >= 15 is 0 Å². The molecule has 0 radical (unpaired) electrons. The molecule has 7 nitrogen and oxygen atoms in total. The van der Waals surface area contributed by atoms with Crippen LogP contribution in [0.3, 0.4) is 0 Å². The van der Waals surface area contributed by atoms with E-state index in [2.05, 4.69) is 9.72 Å². The molecular weight excluding hydrogens is 303 g/mol. The largest absolute Gasteiger partial charge is 0.776 e. The predicted molar refractivity (Wildman–Crippen MR) is 72.6 cm³/mol. The van der Waals surface area contributed by atoms with Gasteiger partial charge in [-0.1, -0.05) is 18.2 Å². The van der Waals surface area contributed by atoms with Crippen LogP contribution in [0.15, 0.2) is 35.7 Å². The van der Waals surface area contributed by atoms with Gasteiger partial charge in [0.05, 0.1) is 10.5 Å². The molecule has 106 valence electrons. The van der Waals surface area contributed by atoms with Crippen molar-refractivity contribution in [3.05, 3.63) is 41.4 Å². The first-order chi connectivity index (χ1) is 9.37. The van der Waals surface area contributed by atoms with Crippen molar-refractivity contribution in [2.75, 3.05) is 12.1 Å². The molecule has 0 bridgehead atoms. The second-order valence-electron chi connectivity index (χ2n) is 3.80. The molecule has 1 heterocycles. The molecule has 0 saturated heterocycles. The maximum absolute atomic E-state index is 11.6. The summed E-state index contributed by atoms with van der Waals surface area (Å²) in [6.07, 6.45) is -1.09. The SMILES string of the molecule is Nc1nc(C(=O)OCP(=O)([O-])O)c[s+]1-c1ccccc1. The van der Waals surface area contributed by atoms with E-state index in [1.54, 1.807) is 0 Å². The van der Waals surface area contributed by atoms with Crippen LogP contribution in [0.2, 0.25) is 0 Å². The van der Waals surface area contributed by atoms with E-state index < -0.39 is 30.4 Å². The number of nitrogens with zero attached hydrogens (tertiary/aromatic N) is 1. The molecule has 2 atom stereocenters. The Morgan fingerprint density at radius 3 is 2.70 bits per heavy atom. The van der Waals surface area contributed by atoms with Gasteiger partial charge in [-0.15, -0.1) is 0 Å². The summed E-state index contributed by atoms with van der Waals surface area (Å²) in [6.45, 7) is 0. The number of carbonyl (C=O) groups excluding carboxylic acids is 1. The highest BCUT2D eigenvalue weighted by atomic mass is 32.2. The van der Waals surface area contributed by atoms with E-state index in [0.29, 0.717) is 0 Å². The molecule has 20 heavy (non-hydrogen) atoms. The van der Waals surface area contributed by atoms with Crippen molar-refractivity contribution in [2.45, 2.75) is 0 Å². The van der Waals surface area contributed by atoms with Gasteiger partial charge in [0, 0.05) is 0 Å².